The minimum atomic E-state index is -3.87. The second kappa shape index (κ2) is 6.30. The highest BCUT2D eigenvalue weighted by Crippen LogP contribution is 2.50. The Bertz CT molecular complexity index is 1030. The van der Waals surface area contributed by atoms with Crippen molar-refractivity contribution in [2.75, 3.05) is 6.26 Å². The third kappa shape index (κ3) is 3.02. The lowest BCUT2D eigenvalue weighted by molar-refractivity contribution is 0.0454. The van der Waals surface area contributed by atoms with E-state index in [9.17, 15) is 26.7 Å². The van der Waals surface area contributed by atoms with Crippen molar-refractivity contribution >= 4 is 9.84 Å². The van der Waals surface area contributed by atoms with Gasteiger partial charge in [0.2, 0.25) is 0 Å². The van der Waals surface area contributed by atoms with Gasteiger partial charge in [-0.3, -0.25) is 0 Å². The number of aliphatic hydroxyl groups is 1. The second-order valence-corrected chi connectivity index (χ2v) is 7.83. The van der Waals surface area contributed by atoms with Gasteiger partial charge in [0.05, 0.1) is 16.5 Å². The van der Waals surface area contributed by atoms with Crippen molar-refractivity contribution in [3.63, 3.8) is 0 Å². The van der Waals surface area contributed by atoms with E-state index >= 15 is 0 Å². The van der Waals surface area contributed by atoms with Crippen molar-refractivity contribution in [3.8, 4) is 17.6 Å². The standard InChI is InChI=1S/C17H12F3NO4S/c1-26(23,24)12-3-2-11(13-14(12)17(22)16(20)15(13)19)25-10-5-8(7-21)4-9(18)6-10/h2-6,15-17,22H,1H3/t15-,16?,17?/m1/s1. The minimum Gasteiger partial charge on any atom is -0.457 e. The third-order valence-corrected chi connectivity index (χ3v) is 5.14. The minimum absolute atomic E-state index is 0.0513. The highest BCUT2D eigenvalue weighted by atomic mass is 32.2. The maximum absolute atomic E-state index is 14.4. The van der Waals surface area contributed by atoms with Gasteiger partial charge in [-0.05, 0) is 24.3 Å². The van der Waals surface area contributed by atoms with Gasteiger partial charge in [-0.1, -0.05) is 0 Å². The summed E-state index contributed by atoms with van der Waals surface area (Å²) in [6.07, 6.45) is -5.81. The monoisotopic (exact) mass is 383 g/mol. The number of halogens is 3. The SMILES string of the molecule is CS(=O)(=O)c1ccc(Oc2cc(F)cc(C#N)c2)c2c1C(O)C(F)[C@@H]2F. The quantitative estimate of drug-likeness (QED) is 0.879. The average Bonchev–Trinajstić information content (AvgIpc) is 2.79. The van der Waals surface area contributed by atoms with Gasteiger partial charge in [0.15, 0.2) is 22.2 Å². The van der Waals surface area contributed by atoms with Crippen LogP contribution in [0.5, 0.6) is 11.5 Å². The molecule has 1 aliphatic carbocycles. The van der Waals surface area contributed by atoms with Crippen LogP contribution >= 0.6 is 0 Å². The molecule has 0 saturated heterocycles. The van der Waals surface area contributed by atoms with E-state index in [2.05, 4.69) is 0 Å². The first-order valence-electron chi connectivity index (χ1n) is 7.35. The number of nitriles is 1. The highest BCUT2D eigenvalue weighted by Gasteiger charge is 2.45. The molecule has 2 aromatic rings. The Labute approximate surface area is 147 Å². The van der Waals surface area contributed by atoms with E-state index in [1.54, 1.807) is 6.07 Å². The Morgan fingerprint density at radius 2 is 1.88 bits per heavy atom. The van der Waals surface area contributed by atoms with Crippen molar-refractivity contribution < 1.29 is 31.4 Å². The van der Waals surface area contributed by atoms with Crippen LogP contribution in [0.15, 0.2) is 35.2 Å². The zero-order valence-electron chi connectivity index (χ0n) is 13.3. The van der Waals surface area contributed by atoms with Crippen molar-refractivity contribution in [1.29, 1.82) is 5.26 Å². The van der Waals surface area contributed by atoms with Crippen LogP contribution in [0.2, 0.25) is 0 Å². The molecule has 3 atom stereocenters. The van der Waals surface area contributed by atoms with Crippen LogP contribution in [0.25, 0.3) is 0 Å². The fourth-order valence-electron chi connectivity index (χ4n) is 2.89. The van der Waals surface area contributed by atoms with Gasteiger partial charge in [0.25, 0.3) is 0 Å². The van der Waals surface area contributed by atoms with E-state index in [0.717, 1.165) is 30.5 Å². The molecule has 0 saturated carbocycles. The number of benzene rings is 2. The summed E-state index contributed by atoms with van der Waals surface area (Å²) in [7, 11) is -3.87. The van der Waals surface area contributed by atoms with Crippen molar-refractivity contribution in [2.24, 2.45) is 0 Å². The van der Waals surface area contributed by atoms with E-state index in [1.165, 1.54) is 6.07 Å². The van der Waals surface area contributed by atoms with Crippen LogP contribution in [-0.4, -0.2) is 26.0 Å². The first kappa shape index (κ1) is 18.2. The van der Waals surface area contributed by atoms with E-state index < -0.39 is 50.1 Å². The van der Waals surface area contributed by atoms with E-state index in [4.69, 9.17) is 10.00 Å². The fourth-order valence-corrected chi connectivity index (χ4v) is 3.84. The Hall–Kier alpha value is -2.57. The van der Waals surface area contributed by atoms with Crippen LogP contribution in [0.3, 0.4) is 0 Å². The lowest BCUT2D eigenvalue weighted by Crippen LogP contribution is -2.11. The van der Waals surface area contributed by atoms with Gasteiger partial charge >= 0.3 is 0 Å². The van der Waals surface area contributed by atoms with Gasteiger partial charge in [-0.25, -0.2) is 21.6 Å². The van der Waals surface area contributed by atoms with Crippen LogP contribution in [0, 0.1) is 17.1 Å². The highest BCUT2D eigenvalue weighted by molar-refractivity contribution is 7.90. The number of rotatable bonds is 3. The van der Waals surface area contributed by atoms with Crippen LogP contribution in [0.1, 0.15) is 29.0 Å². The molecule has 2 unspecified atom stereocenters. The normalized spacial score (nSPS) is 21.9. The summed E-state index contributed by atoms with van der Waals surface area (Å²) in [5.41, 5.74) is -0.915. The lowest BCUT2D eigenvalue weighted by atomic mass is 10.1. The maximum atomic E-state index is 14.4. The predicted octanol–water partition coefficient (Wildman–Crippen LogP) is 3.29. The van der Waals surface area contributed by atoms with Crippen molar-refractivity contribution in [3.05, 3.63) is 52.8 Å². The summed E-state index contributed by atoms with van der Waals surface area (Å²) in [5.74, 6) is -1.20. The molecule has 9 heteroatoms. The van der Waals surface area contributed by atoms with Gasteiger partial charge in [-0.15, -0.1) is 0 Å². The number of hydrogen-bond acceptors (Lipinski definition) is 5. The summed E-state index contributed by atoms with van der Waals surface area (Å²) in [4.78, 5) is -0.410. The van der Waals surface area contributed by atoms with Crippen LogP contribution in [-0.2, 0) is 9.84 Å². The number of aliphatic hydroxyl groups excluding tert-OH is 1. The smallest absolute Gasteiger partial charge is 0.175 e. The maximum Gasteiger partial charge on any atom is 0.175 e. The molecule has 0 aromatic heterocycles. The number of ether oxygens (including phenoxy) is 1. The summed E-state index contributed by atoms with van der Waals surface area (Å²) >= 11 is 0. The molecule has 0 spiro atoms. The first-order chi connectivity index (χ1) is 12.1. The fraction of sp³-hybridized carbons (Fsp3) is 0.235. The molecule has 2 aromatic carbocycles. The molecule has 0 fully saturated rings. The largest absolute Gasteiger partial charge is 0.457 e. The summed E-state index contributed by atoms with van der Waals surface area (Å²) in [6.45, 7) is 0. The number of sulfone groups is 1. The molecule has 0 bridgehead atoms. The number of fused-ring (bicyclic) bond motifs is 1. The topological polar surface area (TPSA) is 87.4 Å². The first-order valence-corrected chi connectivity index (χ1v) is 9.24. The molecule has 3 rings (SSSR count). The van der Waals surface area contributed by atoms with E-state index in [1.807, 2.05) is 0 Å². The van der Waals surface area contributed by atoms with Gasteiger partial charge in [-0.2, -0.15) is 5.26 Å². The Morgan fingerprint density at radius 1 is 1.19 bits per heavy atom. The Kier molecular flexibility index (Phi) is 4.42. The van der Waals surface area contributed by atoms with E-state index in [0.29, 0.717) is 0 Å². The molecular formula is C17H12F3NO4S. The van der Waals surface area contributed by atoms with Gasteiger partial charge < -0.3 is 9.84 Å². The molecule has 26 heavy (non-hydrogen) atoms. The molecule has 1 aliphatic rings. The van der Waals surface area contributed by atoms with Crippen molar-refractivity contribution in [2.45, 2.75) is 23.3 Å². The molecule has 0 radical (unpaired) electrons. The molecule has 0 heterocycles. The summed E-state index contributed by atoms with van der Waals surface area (Å²) in [6, 6.07) is 6.96. The third-order valence-electron chi connectivity index (χ3n) is 3.99. The molecule has 5 nitrogen and oxygen atoms in total. The average molecular weight is 383 g/mol. The molecule has 0 amide bonds. The van der Waals surface area contributed by atoms with Gasteiger partial charge in [0, 0.05) is 23.4 Å². The Balaban J connectivity index is 2.17. The van der Waals surface area contributed by atoms with Crippen molar-refractivity contribution in [1.82, 2.24) is 0 Å². The molecular weight excluding hydrogens is 371 g/mol. The van der Waals surface area contributed by atoms with Crippen LogP contribution in [0.4, 0.5) is 13.2 Å². The summed E-state index contributed by atoms with van der Waals surface area (Å²) in [5, 5.41) is 18.8. The number of hydrogen-bond donors (Lipinski definition) is 1. The lowest BCUT2D eigenvalue weighted by Gasteiger charge is -2.15. The summed E-state index contributed by atoms with van der Waals surface area (Å²) < 4.78 is 71.0. The second-order valence-electron chi connectivity index (χ2n) is 5.84. The van der Waals surface area contributed by atoms with E-state index in [-0.39, 0.29) is 17.1 Å². The Morgan fingerprint density at radius 3 is 2.50 bits per heavy atom. The predicted molar refractivity (Wildman–Crippen MR) is 84.4 cm³/mol. The number of nitrogens with zero attached hydrogens (tertiary/aromatic N) is 1. The molecule has 0 aliphatic heterocycles. The molecule has 1 N–H and O–H groups in total. The zero-order valence-corrected chi connectivity index (χ0v) is 14.1. The number of alkyl halides is 2. The van der Waals surface area contributed by atoms with Gasteiger partial charge in [0.1, 0.15) is 23.4 Å². The molecule has 136 valence electrons. The zero-order chi connectivity index (χ0) is 19.2. The van der Waals surface area contributed by atoms with Crippen LogP contribution < -0.4 is 4.74 Å².